The van der Waals surface area contributed by atoms with E-state index in [1.54, 1.807) is 17.1 Å². The van der Waals surface area contributed by atoms with Crippen molar-refractivity contribution in [3.05, 3.63) is 48.7 Å². The van der Waals surface area contributed by atoms with E-state index < -0.39 is 5.60 Å². The smallest absolute Gasteiger partial charge is 0.228 e. The highest BCUT2D eigenvalue weighted by molar-refractivity contribution is 5.65. The molecule has 1 unspecified atom stereocenters. The normalized spacial score (nSPS) is 18.9. The molecule has 4 aromatic heterocycles. The molecule has 1 fully saturated rings. The molecule has 5 rings (SSSR count). The van der Waals surface area contributed by atoms with Crippen molar-refractivity contribution in [1.82, 2.24) is 34.3 Å². The van der Waals surface area contributed by atoms with Crippen molar-refractivity contribution in [2.24, 2.45) is 13.0 Å². The monoisotopic (exact) mass is 390 g/mol. The molecule has 0 spiro atoms. The van der Waals surface area contributed by atoms with Gasteiger partial charge in [-0.2, -0.15) is 5.10 Å². The molecule has 4 heterocycles. The van der Waals surface area contributed by atoms with Gasteiger partial charge >= 0.3 is 0 Å². The van der Waals surface area contributed by atoms with Crippen LogP contribution in [-0.2, 0) is 7.05 Å². The van der Waals surface area contributed by atoms with Crippen molar-refractivity contribution in [2.45, 2.75) is 31.8 Å². The molecule has 9 heteroatoms. The number of hydrogen-bond acceptors (Lipinski definition) is 7. The summed E-state index contributed by atoms with van der Waals surface area (Å²) in [6.45, 7) is 3.70. The van der Waals surface area contributed by atoms with Crippen LogP contribution in [0, 0.1) is 5.92 Å². The Morgan fingerprint density at radius 2 is 2.03 bits per heavy atom. The van der Waals surface area contributed by atoms with Gasteiger partial charge in [-0.15, -0.1) is 10.2 Å². The molecule has 1 saturated carbocycles. The van der Waals surface area contributed by atoms with Crippen LogP contribution in [0.4, 0.5) is 11.8 Å². The van der Waals surface area contributed by atoms with E-state index in [1.807, 2.05) is 55.8 Å². The number of aliphatic hydroxyl groups is 1. The van der Waals surface area contributed by atoms with E-state index >= 15 is 0 Å². The lowest BCUT2D eigenvalue weighted by Crippen LogP contribution is -2.22. The van der Waals surface area contributed by atoms with Crippen LogP contribution in [0.25, 0.3) is 16.9 Å². The predicted octanol–water partition coefficient (Wildman–Crippen LogP) is 2.54. The van der Waals surface area contributed by atoms with Crippen LogP contribution in [0.3, 0.4) is 0 Å². The second kappa shape index (κ2) is 6.35. The van der Waals surface area contributed by atoms with Gasteiger partial charge in [-0.3, -0.25) is 9.08 Å². The Kier molecular flexibility index (Phi) is 3.88. The zero-order chi connectivity index (χ0) is 20.2. The lowest BCUT2D eigenvalue weighted by Gasteiger charge is -2.16. The Labute approximate surface area is 167 Å². The van der Waals surface area contributed by atoms with Crippen LogP contribution in [0.2, 0.25) is 0 Å². The van der Waals surface area contributed by atoms with Crippen molar-refractivity contribution in [1.29, 1.82) is 0 Å². The van der Waals surface area contributed by atoms with Gasteiger partial charge < -0.3 is 10.4 Å². The van der Waals surface area contributed by atoms with Gasteiger partial charge in [0.2, 0.25) is 5.95 Å². The first-order valence-corrected chi connectivity index (χ1v) is 9.55. The summed E-state index contributed by atoms with van der Waals surface area (Å²) in [6, 6.07) is 7.69. The van der Waals surface area contributed by atoms with Gasteiger partial charge in [-0.25, -0.2) is 9.97 Å². The molecule has 2 atom stereocenters. The molecule has 29 heavy (non-hydrogen) atoms. The lowest BCUT2D eigenvalue weighted by molar-refractivity contribution is 0.0542. The number of nitrogens with one attached hydrogen (secondary N) is 1. The topological polar surface area (TPSA) is 106 Å². The Balaban J connectivity index is 1.43. The highest BCUT2D eigenvalue weighted by Crippen LogP contribution is 2.52. The summed E-state index contributed by atoms with van der Waals surface area (Å²) >= 11 is 0. The SMILES string of the molecule is Cn1nccc1Nc1nccc(-c2ccn3c(C4C[C@H]4C(C)(C)O)nnc3c2)n1. The third-order valence-corrected chi connectivity index (χ3v) is 5.48. The average molecular weight is 390 g/mol. The number of fused-ring (bicyclic) bond motifs is 1. The first kappa shape index (κ1) is 17.7. The number of hydrogen-bond donors (Lipinski definition) is 2. The molecule has 4 aromatic rings. The second-order valence-electron chi connectivity index (χ2n) is 8.03. The minimum atomic E-state index is -0.700. The summed E-state index contributed by atoms with van der Waals surface area (Å²) < 4.78 is 3.72. The Bertz CT molecular complexity index is 1190. The maximum atomic E-state index is 10.2. The van der Waals surface area contributed by atoms with Gasteiger partial charge in [0, 0.05) is 37.0 Å². The fourth-order valence-corrected chi connectivity index (χ4v) is 3.77. The number of aromatic nitrogens is 7. The van der Waals surface area contributed by atoms with Crippen molar-refractivity contribution in [2.75, 3.05) is 5.32 Å². The van der Waals surface area contributed by atoms with Crippen LogP contribution in [0.1, 0.15) is 32.0 Å². The van der Waals surface area contributed by atoms with Gasteiger partial charge in [0.25, 0.3) is 0 Å². The van der Waals surface area contributed by atoms with Crippen LogP contribution in [-0.4, -0.2) is 45.1 Å². The van der Waals surface area contributed by atoms with Crippen molar-refractivity contribution in [3.63, 3.8) is 0 Å². The second-order valence-corrected chi connectivity index (χ2v) is 8.03. The van der Waals surface area contributed by atoms with Crippen LogP contribution in [0.5, 0.6) is 0 Å². The fourth-order valence-electron chi connectivity index (χ4n) is 3.77. The summed E-state index contributed by atoms with van der Waals surface area (Å²) in [5, 5.41) is 26.3. The average Bonchev–Trinajstić information content (AvgIpc) is 3.25. The molecule has 2 N–H and O–H groups in total. The minimum Gasteiger partial charge on any atom is -0.390 e. The van der Waals surface area contributed by atoms with E-state index in [2.05, 4.69) is 30.6 Å². The molecule has 0 saturated heterocycles. The van der Waals surface area contributed by atoms with Gasteiger partial charge in [0.05, 0.1) is 17.5 Å². The fraction of sp³-hybridized carbons (Fsp3) is 0.350. The number of aryl methyl sites for hydroxylation is 1. The molecule has 0 amide bonds. The largest absolute Gasteiger partial charge is 0.390 e. The quantitative estimate of drug-likeness (QED) is 0.539. The molecular weight excluding hydrogens is 368 g/mol. The van der Waals surface area contributed by atoms with E-state index in [-0.39, 0.29) is 11.8 Å². The van der Waals surface area contributed by atoms with Crippen LogP contribution < -0.4 is 5.32 Å². The first-order chi connectivity index (χ1) is 13.9. The first-order valence-electron chi connectivity index (χ1n) is 9.55. The number of nitrogens with zero attached hydrogens (tertiary/aromatic N) is 7. The standard InChI is InChI=1S/C20H22N8O/c1-20(2,29)14-11-13(14)18-26-25-17-10-12(6-9-28(17)18)15-4-7-21-19(23-15)24-16-5-8-22-27(16)3/h4-10,13-14,29H,11H2,1-3H3,(H,21,23,24)/t13?,14-/m1/s1. The van der Waals surface area contributed by atoms with E-state index in [4.69, 9.17) is 0 Å². The summed E-state index contributed by atoms with van der Waals surface area (Å²) in [6.07, 6.45) is 6.33. The van der Waals surface area contributed by atoms with E-state index in [0.29, 0.717) is 5.95 Å². The molecule has 0 aromatic carbocycles. The zero-order valence-corrected chi connectivity index (χ0v) is 16.5. The maximum absolute atomic E-state index is 10.2. The minimum absolute atomic E-state index is 0.220. The summed E-state index contributed by atoms with van der Waals surface area (Å²) in [5.41, 5.74) is 1.78. The van der Waals surface area contributed by atoms with Gasteiger partial charge in [-0.1, -0.05) is 0 Å². The number of anilines is 2. The molecule has 1 aliphatic carbocycles. The third kappa shape index (κ3) is 3.23. The van der Waals surface area contributed by atoms with E-state index in [0.717, 1.165) is 35.0 Å². The molecule has 0 radical (unpaired) electrons. The summed E-state index contributed by atoms with van der Waals surface area (Å²) in [4.78, 5) is 8.90. The van der Waals surface area contributed by atoms with Crippen LogP contribution in [0.15, 0.2) is 42.9 Å². The Morgan fingerprint density at radius 1 is 1.17 bits per heavy atom. The number of rotatable bonds is 5. The van der Waals surface area contributed by atoms with Crippen molar-refractivity contribution >= 4 is 17.4 Å². The molecule has 0 aliphatic heterocycles. The third-order valence-electron chi connectivity index (χ3n) is 5.48. The highest BCUT2D eigenvalue weighted by Gasteiger charge is 2.49. The summed E-state index contributed by atoms with van der Waals surface area (Å²) in [5.74, 6) is 2.67. The Morgan fingerprint density at radius 3 is 2.76 bits per heavy atom. The van der Waals surface area contributed by atoms with Gasteiger partial charge in [0.1, 0.15) is 11.6 Å². The van der Waals surface area contributed by atoms with Crippen molar-refractivity contribution in [3.8, 4) is 11.3 Å². The van der Waals surface area contributed by atoms with E-state index in [9.17, 15) is 5.11 Å². The lowest BCUT2D eigenvalue weighted by atomic mass is 10.0. The highest BCUT2D eigenvalue weighted by atomic mass is 16.3. The van der Waals surface area contributed by atoms with E-state index in [1.165, 1.54) is 0 Å². The molecule has 148 valence electrons. The molecule has 0 bridgehead atoms. The predicted molar refractivity (Wildman–Crippen MR) is 108 cm³/mol. The zero-order valence-electron chi connectivity index (χ0n) is 16.5. The maximum Gasteiger partial charge on any atom is 0.228 e. The van der Waals surface area contributed by atoms with Gasteiger partial charge in [-0.05, 0) is 44.4 Å². The molecule has 9 nitrogen and oxygen atoms in total. The summed E-state index contributed by atoms with van der Waals surface area (Å²) in [7, 11) is 1.85. The van der Waals surface area contributed by atoms with Crippen LogP contribution >= 0.6 is 0 Å². The van der Waals surface area contributed by atoms with Gasteiger partial charge in [0.15, 0.2) is 5.65 Å². The molecular formula is C20H22N8O. The molecule has 1 aliphatic rings. The van der Waals surface area contributed by atoms with Crippen molar-refractivity contribution < 1.29 is 5.11 Å². The Hall–Kier alpha value is -3.33. The number of pyridine rings is 1.